The van der Waals surface area contributed by atoms with Crippen molar-refractivity contribution in [3.8, 4) is 0 Å². The van der Waals surface area contributed by atoms with Crippen LogP contribution in [0.3, 0.4) is 0 Å². The van der Waals surface area contributed by atoms with E-state index in [1.54, 1.807) is 0 Å². The summed E-state index contributed by atoms with van der Waals surface area (Å²) in [4.78, 5) is 3.33. The van der Waals surface area contributed by atoms with Crippen molar-refractivity contribution >= 4 is 31.6 Å². The van der Waals surface area contributed by atoms with Crippen molar-refractivity contribution < 1.29 is 12.8 Å². The molecule has 0 amide bonds. The van der Waals surface area contributed by atoms with Crippen LogP contribution in [-0.2, 0) is 16.6 Å². The van der Waals surface area contributed by atoms with E-state index in [0.29, 0.717) is 5.82 Å². The number of halogens is 2. The third kappa shape index (κ3) is 2.81. The highest BCUT2D eigenvalue weighted by Gasteiger charge is 2.27. The maximum atomic E-state index is 14.0. The zero-order chi connectivity index (χ0) is 14.9. The Morgan fingerprint density at radius 1 is 1.50 bits per heavy atom. The van der Waals surface area contributed by atoms with E-state index < -0.39 is 20.7 Å². The highest BCUT2D eigenvalue weighted by atomic mass is 79.9. The topological polar surface area (TPSA) is 105 Å². The molecule has 0 aliphatic heterocycles. The third-order valence-corrected chi connectivity index (χ3v) is 4.92. The summed E-state index contributed by atoms with van der Waals surface area (Å²) >= 11 is 2.93. The first kappa shape index (κ1) is 14.9. The number of aromatic nitrogens is 3. The summed E-state index contributed by atoms with van der Waals surface area (Å²) < 4.78 is 39.6. The third-order valence-electron chi connectivity index (χ3n) is 2.54. The molecule has 2 aromatic rings. The predicted molar refractivity (Wildman–Crippen MR) is 73.5 cm³/mol. The first-order valence-electron chi connectivity index (χ1n) is 5.37. The normalized spacial score (nSPS) is 12.0. The molecular weight excluding hydrogens is 353 g/mol. The van der Waals surface area contributed by atoms with Gasteiger partial charge in [-0.1, -0.05) is 0 Å². The zero-order valence-corrected chi connectivity index (χ0v) is 12.7. The van der Waals surface area contributed by atoms with Gasteiger partial charge in [0, 0.05) is 12.7 Å². The fourth-order valence-electron chi connectivity index (χ4n) is 1.54. The number of H-pyrrole nitrogens is 1. The summed E-state index contributed by atoms with van der Waals surface area (Å²) in [5.41, 5.74) is 5.70. The van der Waals surface area contributed by atoms with Gasteiger partial charge in [-0.2, -0.15) is 9.40 Å². The van der Waals surface area contributed by atoms with Gasteiger partial charge in [0.25, 0.3) is 0 Å². The molecule has 0 unspecified atom stereocenters. The fraction of sp³-hybridized carbons (Fsp3) is 0.200. The summed E-state index contributed by atoms with van der Waals surface area (Å²) in [7, 11) is -2.72. The van der Waals surface area contributed by atoms with E-state index in [-0.39, 0.29) is 16.7 Å². The summed E-state index contributed by atoms with van der Waals surface area (Å²) in [6.45, 7) is -0.0613. The molecule has 20 heavy (non-hydrogen) atoms. The van der Waals surface area contributed by atoms with Crippen LogP contribution in [0.4, 0.5) is 10.1 Å². The van der Waals surface area contributed by atoms with Gasteiger partial charge in [-0.15, -0.1) is 0 Å². The van der Waals surface area contributed by atoms with Gasteiger partial charge >= 0.3 is 0 Å². The lowest BCUT2D eigenvalue weighted by molar-refractivity contribution is 0.451. The van der Waals surface area contributed by atoms with Crippen molar-refractivity contribution in [3.05, 3.63) is 34.6 Å². The quantitative estimate of drug-likeness (QED) is 0.791. The highest BCUT2D eigenvalue weighted by Crippen LogP contribution is 2.28. The maximum absolute atomic E-state index is 14.0. The van der Waals surface area contributed by atoms with Crippen LogP contribution in [0.25, 0.3) is 0 Å². The van der Waals surface area contributed by atoms with Crippen LogP contribution in [0.1, 0.15) is 5.82 Å². The number of benzene rings is 1. The number of anilines is 1. The van der Waals surface area contributed by atoms with Crippen molar-refractivity contribution in [1.29, 1.82) is 0 Å². The lowest BCUT2D eigenvalue weighted by atomic mass is 10.3. The van der Waals surface area contributed by atoms with Gasteiger partial charge in [0.1, 0.15) is 17.0 Å². The Morgan fingerprint density at radius 3 is 2.80 bits per heavy atom. The SMILES string of the molecule is CN(Cc1ncn[nH]1)S(=O)(=O)c1cc(N)cc(Br)c1F. The zero-order valence-electron chi connectivity index (χ0n) is 10.3. The van der Waals surface area contributed by atoms with Crippen LogP contribution in [0, 0.1) is 5.82 Å². The summed E-state index contributed by atoms with van der Waals surface area (Å²) in [5, 5.41) is 6.15. The van der Waals surface area contributed by atoms with Crippen LogP contribution < -0.4 is 5.73 Å². The largest absolute Gasteiger partial charge is 0.399 e. The first-order valence-corrected chi connectivity index (χ1v) is 7.61. The van der Waals surface area contributed by atoms with Gasteiger partial charge in [-0.05, 0) is 28.1 Å². The summed E-state index contributed by atoms with van der Waals surface area (Å²) in [5.74, 6) is -0.539. The molecule has 108 valence electrons. The number of hydrogen-bond acceptors (Lipinski definition) is 5. The van der Waals surface area contributed by atoms with Crippen molar-refractivity contribution in [3.63, 3.8) is 0 Å². The summed E-state index contributed by atoms with van der Waals surface area (Å²) in [6.07, 6.45) is 1.26. The second-order valence-electron chi connectivity index (χ2n) is 4.01. The molecule has 0 atom stereocenters. The van der Waals surface area contributed by atoms with E-state index in [9.17, 15) is 12.8 Å². The molecule has 10 heteroatoms. The number of nitrogen functional groups attached to an aromatic ring is 1. The second kappa shape index (κ2) is 5.46. The molecule has 3 N–H and O–H groups in total. The molecule has 1 aromatic carbocycles. The van der Waals surface area contributed by atoms with E-state index in [2.05, 4.69) is 31.1 Å². The van der Waals surface area contributed by atoms with Gasteiger partial charge in [-0.3, -0.25) is 5.10 Å². The molecule has 0 aliphatic carbocycles. The Bertz CT molecular complexity index is 719. The van der Waals surface area contributed by atoms with Gasteiger partial charge in [0.2, 0.25) is 10.0 Å². The average Bonchev–Trinajstić information content (AvgIpc) is 2.86. The smallest absolute Gasteiger partial charge is 0.246 e. The van der Waals surface area contributed by atoms with E-state index in [1.165, 1.54) is 19.4 Å². The van der Waals surface area contributed by atoms with E-state index in [0.717, 1.165) is 10.4 Å². The molecule has 1 aromatic heterocycles. The standard InChI is InChI=1S/C10H11BrFN5O2S/c1-17(4-9-14-5-15-16-9)20(18,19)8-3-6(13)2-7(11)10(8)12/h2-3,5H,4,13H2,1H3,(H,14,15,16). The second-order valence-corrected chi connectivity index (χ2v) is 6.88. The summed E-state index contributed by atoms with van der Waals surface area (Å²) in [6, 6.07) is 2.37. The number of rotatable bonds is 4. The molecule has 7 nitrogen and oxygen atoms in total. The Balaban J connectivity index is 2.40. The van der Waals surface area contributed by atoms with Gasteiger partial charge in [0.15, 0.2) is 5.82 Å². The monoisotopic (exact) mass is 363 g/mol. The lowest BCUT2D eigenvalue weighted by Gasteiger charge is -2.17. The molecule has 0 spiro atoms. The average molecular weight is 364 g/mol. The van der Waals surface area contributed by atoms with E-state index >= 15 is 0 Å². The molecule has 0 radical (unpaired) electrons. The number of sulfonamides is 1. The number of nitrogens with one attached hydrogen (secondary N) is 1. The molecule has 0 aliphatic rings. The Hall–Kier alpha value is -1.52. The van der Waals surface area contributed by atoms with Crippen molar-refractivity contribution in [2.24, 2.45) is 0 Å². The lowest BCUT2D eigenvalue weighted by Crippen LogP contribution is -2.28. The highest BCUT2D eigenvalue weighted by molar-refractivity contribution is 9.10. The molecular formula is C10H11BrFN5O2S. The van der Waals surface area contributed by atoms with Gasteiger partial charge in [-0.25, -0.2) is 17.8 Å². The maximum Gasteiger partial charge on any atom is 0.246 e. The van der Waals surface area contributed by atoms with Gasteiger partial charge in [0.05, 0.1) is 11.0 Å². The van der Waals surface area contributed by atoms with Gasteiger partial charge < -0.3 is 5.73 Å². The van der Waals surface area contributed by atoms with E-state index in [1.807, 2.05) is 0 Å². The van der Waals surface area contributed by atoms with Crippen LogP contribution in [0.15, 0.2) is 27.8 Å². The Morgan fingerprint density at radius 2 is 2.20 bits per heavy atom. The molecule has 0 fully saturated rings. The Labute approximate surface area is 123 Å². The molecule has 0 saturated carbocycles. The number of nitrogens with zero attached hydrogens (tertiary/aromatic N) is 3. The van der Waals surface area contributed by atoms with Crippen LogP contribution in [0.2, 0.25) is 0 Å². The van der Waals surface area contributed by atoms with E-state index in [4.69, 9.17) is 5.73 Å². The predicted octanol–water partition coefficient (Wildman–Crippen LogP) is 1.11. The Kier molecular flexibility index (Phi) is 4.06. The van der Waals surface area contributed by atoms with Crippen molar-refractivity contribution in [1.82, 2.24) is 19.5 Å². The first-order chi connectivity index (χ1) is 9.32. The minimum Gasteiger partial charge on any atom is -0.399 e. The molecule has 2 rings (SSSR count). The molecule has 0 bridgehead atoms. The molecule has 1 heterocycles. The van der Waals surface area contributed by atoms with Crippen LogP contribution in [0.5, 0.6) is 0 Å². The number of aromatic amines is 1. The number of hydrogen-bond donors (Lipinski definition) is 2. The van der Waals surface area contributed by atoms with Crippen LogP contribution in [-0.4, -0.2) is 35.0 Å². The van der Waals surface area contributed by atoms with Crippen LogP contribution >= 0.6 is 15.9 Å². The number of nitrogens with two attached hydrogens (primary N) is 1. The fourth-order valence-corrected chi connectivity index (χ4v) is 3.40. The minimum absolute atomic E-state index is 0.0101. The van der Waals surface area contributed by atoms with Crippen molar-refractivity contribution in [2.75, 3.05) is 12.8 Å². The van der Waals surface area contributed by atoms with Crippen molar-refractivity contribution in [2.45, 2.75) is 11.4 Å². The molecule has 0 saturated heterocycles. The minimum atomic E-state index is -4.03.